The molecule has 1 aliphatic heterocycles. The van der Waals surface area contributed by atoms with Crippen molar-refractivity contribution in [3.63, 3.8) is 0 Å². The lowest BCUT2D eigenvalue weighted by Gasteiger charge is -2.17. The van der Waals surface area contributed by atoms with Gasteiger partial charge >= 0.3 is 10.1 Å². The number of rotatable bonds is 4. The molecule has 148 valence electrons. The number of hydrogen-bond acceptors (Lipinski definition) is 5. The van der Waals surface area contributed by atoms with Gasteiger partial charge in [0.2, 0.25) is 11.8 Å². The van der Waals surface area contributed by atoms with Crippen LogP contribution in [0.1, 0.15) is 6.42 Å². The highest BCUT2D eigenvalue weighted by molar-refractivity contribution is 9.10. The zero-order valence-corrected chi connectivity index (χ0v) is 17.5. The smallest absolute Gasteiger partial charge is 0.339 e. The largest absolute Gasteiger partial charge is 0.379 e. The van der Waals surface area contributed by atoms with Gasteiger partial charge in [-0.25, -0.2) is 0 Å². The molecular formula is C21H16BrNO5S. The Morgan fingerprint density at radius 2 is 1.41 bits per heavy atom. The molecule has 29 heavy (non-hydrogen) atoms. The molecule has 6 nitrogen and oxygen atoms in total. The summed E-state index contributed by atoms with van der Waals surface area (Å²) in [6.07, 6.45) is 4.97. The van der Waals surface area contributed by atoms with Gasteiger partial charge in [0.25, 0.3) is 0 Å². The molecule has 0 spiro atoms. The predicted molar refractivity (Wildman–Crippen MR) is 109 cm³/mol. The lowest BCUT2D eigenvalue weighted by atomic mass is 9.85. The van der Waals surface area contributed by atoms with E-state index >= 15 is 0 Å². The molecule has 8 heteroatoms. The minimum atomic E-state index is -3.98. The summed E-state index contributed by atoms with van der Waals surface area (Å²) in [6.45, 7) is 0. The van der Waals surface area contributed by atoms with Crippen LogP contribution < -0.4 is 9.08 Å². The van der Waals surface area contributed by atoms with Gasteiger partial charge in [0, 0.05) is 4.47 Å². The number of imide groups is 1. The van der Waals surface area contributed by atoms with Gasteiger partial charge < -0.3 is 4.18 Å². The second kappa shape index (κ2) is 6.53. The third kappa shape index (κ3) is 2.93. The van der Waals surface area contributed by atoms with E-state index in [0.29, 0.717) is 5.69 Å². The van der Waals surface area contributed by atoms with E-state index in [0.717, 1.165) is 10.9 Å². The number of carbonyl (C=O) groups excluding carboxylic acids is 2. The molecule has 2 fully saturated rings. The summed E-state index contributed by atoms with van der Waals surface area (Å²) in [4.78, 5) is 27.0. The Labute approximate surface area is 176 Å². The van der Waals surface area contributed by atoms with Gasteiger partial charge in [-0.2, -0.15) is 8.42 Å². The molecule has 0 N–H and O–H groups in total. The molecule has 3 aliphatic rings. The van der Waals surface area contributed by atoms with Crippen LogP contribution in [0, 0.1) is 23.7 Å². The number of hydrogen-bond donors (Lipinski definition) is 0. The normalized spacial score (nSPS) is 27.6. The minimum absolute atomic E-state index is 0.0328. The number of fused-ring (bicyclic) bond motifs is 5. The van der Waals surface area contributed by atoms with Gasteiger partial charge in [0.15, 0.2) is 0 Å². The minimum Gasteiger partial charge on any atom is -0.379 e. The molecule has 2 amide bonds. The molecule has 2 bridgehead atoms. The first kappa shape index (κ1) is 18.6. The molecule has 2 aromatic carbocycles. The van der Waals surface area contributed by atoms with Crippen LogP contribution >= 0.6 is 15.9 Å². The van der Waals surface area contributed by atoms with Crippen LogP contribution in [0.25, 0.3) is 0 Å². The first-order valence-corrected chi connectivity index (χ1v) is 11.4. The Bertz CT molecular complexity index is 1110. The predicted octanol–water partition coefficient (Wildman–Crippen LogP) is 3.53. The molecule has 2 aliphatic carbocycles. The maximum absolute atomic E-state index is 12.9. The van der Waals surface area contributed by atoms with Crippen molar-refractivity contribution in [3.8, 4) is 5.75 Å². The lowest BCUT2D eigenvalue weighted by molar-refractivity contribution is -0.123. The van der Waals surface area contributed by atoms with Crippen molar-refractivity contribution in [3.05, 3.63) is 65.2 Å². The molecule has 1 saturated heterocycles. The van der Waals surface area contributed by atoms with Crippen LogP contribution in [0.3, 0.4) is 0 Å². The number of amides is 2. The van der Waals surface area contributed by atoms with Crippen molar-refractivity contribution in [2.24, 2.45) is 23.7 Å². The van der Waals surface area contributed by atoms with E-state index < -0.39 is 10.1 Å². The SMILES string of the molecule is O=C1[C@H]2[C@H](C(=O)N1c1ccc(OS(=O)(=O)c3ccc(Br)cc3)cc1)[C@H]1C=C[C@H]2C1. The first-order chi connectivity index (χ1) is 13.8. The molecular weight excluding hydrogens is 458 g/mol. The quantitative estimate of drug-likeness (QED) is 0.385. The Kier molecular flexibility index (Phi) is 4.18. The summed E-state index contributed by atoms with van der Waals surface area (Å²) < 4.78 is 30.7. The molecule has 2 aromatic rings. The molecule has 0 aromatic heterocycles. The summed E-state index contributed by atoms with van der Waals surface area (Å²) >= 11 is 3.26. The van der Waals surface area contributed by atoms with Gasteiger partial charge in [-0.05, 0) is 66.8 Å². The van der Waals surface area contributed by atoms with Crippen LogP contribution in [-0.2, 0) is 19.7 Å². The monoisotopic (exact) mass is 473 g/mol. The Morgan fingerprint density at radius 3 is 1.97 bits per heavy atom. The number of halogens is 1. The molecule has 0 unspecified atom stereocenters. The highest BCUT2D eigenvalue weighted by atomic mass is 79.9. The van der Waals surface area contributed by atoms with Gasteiger partial charge in [-0.3, -0.25) is 14.5 Å². The maximum Gasteiger partial charge on any atom is 0.339 e. The van der Waals surface area contributed by atoms with Crippen molar-refractivity contribution >= 4 is 43.5 Å². The molecule has 1 heterocycles. The van der Waals surface area contributed by atoms with Crippen LogP contribution in [0.15, 0.2) is 70.1 Å². The van der Waals surface area contributed by atoms with Crippen LogP contribution in [-0.4, -0.2) is 20.2 Å². The van der Waals surface area contributed by atoms with Crippen molar-refractivity contribution in [2.75, 3.05) is 4.90 Å². The summed E-state index contributed by atoms with van der Waals surface area (Å²) in [5.41, 5.74) is 0.433. The fourth-order valence-corrected chi connectivity index (χ4v) is 5.78. The number of benzene rings is 2. The zero-order chi connectivity index (χ0) is 20.3. The third-order valence-corrected chi connectivity index (χ3v) is 7.66. The summed E-state index contributed by atoms with van der Waals surface area (Å²) in [5.74, 6) is -0.494. The Morgan fingerprint density at radius 1 is 0.862 bits per heavy atom. The van der Waals surface area contributed by atoms with E-state index in [1.54, 1.807) is 24.3 Å². The molecule has 5 rings (SSSR count). The number of anilines is 1. The molecule has 4 atom stereocenters. The third-order valence-electron chi connectivity index (χ3n) is 5.87. The molecule has 1 saturated carbocycles. The number of nitrogens with zero attached hydrogens (tertiary/aromatic N) is 1. The van der Waals surface area contributed by atoms with Crippen LogP contribution in [0.4, 0.5) is 5.69 Å². The second-order valence-corrected chi connectivity index (χ2v) is 9.96. The highest BCUT2D eigenvalue weighted by Gasteiger charge is 2.59. The van der Waals surface area contributed by atoms with E-state index in [2.05, 4.69) is 15.9 Å². The average Bonchev–Trinajstić information content (AvgIpc) is 3.37. The molecule has 0 radical (unpaired) electrons. The second-order valence-electron chi connectivity index (χ2n) is 7.50. The fraction of sp³-hybridized carbons (Fsp3) is 0.238. The number of carbonyl (C=O) groups is 2. The van der Waals surface area contributed by atoms with Crippen molar-refractivity contribution in [2.45, 2.75) is 11.3 Å². The van der Waals surface area contributed by atoms with Crippen LogP contribution in [0.2, 0.25) is 0 Å². The van der Waals surface area contributed by atoms with E-state index in [1.807, 2.05) is 12.2 Å². The lowest BCUT2D eigenvalue weighted by Crippen LogP contribution is -2.32. The fourth-order valence-electron chi connectivity index (χ4n) is 4.58. The first-order valence-electron chi connectivity index (χ1n) is 9.21. The van der Waals surface area contributed by atoms with E-state index in [-0.39, 0.29) is 46.1 Å². The summed E-state index contributed by atoms with van der Waals surface area (Å²) in [7, 11) is -3.98. The van der Waals surface area contributed by atoms with Crippen molar-refractivity contribution < 1.29 is 22.2 Å². The summed E-state index contributed by atoms with van der Waals surface area (Å²) in [6, 6.07) is 12.1. The van der Waals surface area contributed by atoms with E-state index in [4.69, 9.17) is 4.18 Å². The van der Waals surface area contributed by atoms with Gasteiger partial charge in [-0.15, -0.1) is 0 Å². The van der Waals surface area contributed by atoms with Crippen molar-refractivity contribution in [1.29, 1.82) is 0 Å². The summed E-state index contributed by atoms with van der Waals surface area (Å²) in [5, 5.41) is 0. The highest BCUT2D eigenvalue weighted by Crippen LogP contribution is 2.53. The topological polar surface area (TPSA) is 80.8 Å². The van der Waals surface area contributed by atoms with E-state index in [9.17, 15) is 18.0 Å². The van der Waals surface area contributed by atoms with E-state index in [1.165, 1.54) is 29.2 Å². The Hall–Kier alpha value is -2.45. The Balaban J connectivity index is 1.36. The van der Waals surface area contributed by atoms with Gasteiger partial charge in [0.1, 0.15) is 10.6 Å². The van der Waals surface area contributed by atoms with Crippen molar-refractivity contribution in [1.82, 2.24) is 0 Å². The standard InChI is InChI=1S/C21H16BrNO5S/c22-14-3-9-17(10-4-14)29(26,27)28-16-7-5-15(6-8-16)23-20(24)18-12-1-2-13(11-12)19(18)21(23)25/h1-10,12-13,18-19H,11H2/t12-,13-,18+,19+/m0/s1. The van der Waals surface area contributed by atoms with Crippen LogP contribution in [0.5, 0.6) is 5.75 Å². The maximum atomic E-state index is 12.9. The average molecular weight is 474 g/mol. The van der Waals surface area contributed by atoms with Gasteiger partial charge in [0.05, 0.1) is 17.5 Å². The zero-order valence-electron chi connectivity index (χ0n) is 15.1. The van der Waals surface area contributed by atoms with Gasteiger partial charge in [-0.1, -0.05) is 28.1 Å². The number of allylic oxidation sites excluding steroid dienone is 2.